The van der Waals surface area contributed by atoms with E-state index in [1.54, 1.807) is 0 Å². The molecule has 0 aliphatic carbocycles. The third-order valence-corrected chi connectivity index (χ3v) is 1.37. The van der Waals surface area contributed by atoms with E-state index in [1.165, 1.54) is 0 Å². The molecule has 0 saturated carbocycles. The van der Waals surface area contributed by atoms with Crippen molar-refractivity contribution in [2.45, 2.75) is 6.42 Å². The molecule has 0 N–H and O–H groups in total. The fourth-order valence-electron chi connectivity index (χ4n) is 0.777. The molecule has 1 unspecified atom stereocenters. The maximum absolute atomic E-state index is 10.7. The zero-order valence-corrected chi connectivity index (χ0v) is 5.00. The first kappa shape index (κ1) is 6.42. The largest absolute Gasteiger partial charge is 0.380 e. The number of aldehydes is 1. The molecule has 0 bridgehead atoms. The van der Waals surface area contributed by atoms with Gasteiger partial charge in [-0.2, -0.15) is 0 Å². The van der Waals surface area contributed by atoms with Gasteiger partial charge in [-0.05, 0) is 0 Å². The number of carbonyl (C=O) groups is 2. The van der Waals surface area contributed by atoms with Gasteiger partial charge < -0.3 is 9.53 Å². The quantitative estimate of drug-likeness (QED) is 0.362. The van der Waals surface area contributed by atoms with Gasteiger partial charge in [0.05, 0.1) is 19.1 Å². The number of ketones is 1. The summed E-state index contributed by atoms with van der Waals surface area (Å²) in [7, 11) is 0. The van der Waals surface area contributed by atoms with E-state index in [2.05, 4.69) is 0 Å². The standard InChI is InChI=1S/C6H8O3/c7-3-5-4-9-2-1-6(5)8/h3,5H,1-2,4H2. The Balaban J connectivity index is 2.48. The van der Waals surface area contributed by atoms with Gasteiger partial charge in [0.1, 0.15) is 12.1 Å². The lowest BCUT2D eigenvalue weighted by molar-refractivity contribution is -0.134. The summed E-state index contributed by atoms with van der Waals surface area (Å²) in [6.07, 6.45) is 1.05. The highest BCUT2D eigenvalue weighted by atomic mass is 16.5. The minimum atomic E-state index is -0.487. The molecule has 3 nitrogen and oxygen atoms in total. The fraction of sp³-hybridized carbons (Fsp3) is 0.667. The predicted molar refractivity (Wildman–Crippen MR) is 30.0 cm³/mol. The molecule has 0 spiro atoms. The Morgan fingerprint density at radius 3 is 2.89 bits per heavy atom. The van der Waals surface area contributed by atoms with Gasteiger partial charge >= 0.3 is 0 Å². The summed E-state index contributed by atoms with van der Waals surface area (Å²) in [5, 5.41) is 0. The fourth-order valence-corrected chi connectivity index (χ4v) is 0.777. The van der Waals surface area contributed by atoms with Crippen molar-refractivity contribution in [3.63, 3.8) is 0 Å². The van der Waals surface area contributed by atoms with Crippen molar-refractivity contribution in [2.24, 2.45) is 5.92 Å². The maximum Gasteiger partial charge on any atom is 0.147 e. The van der Waals surface area contributed by atoms with E-state index in [1.807, 2.05) is 0 Å². The van der Waals surface area contributed by atoms with Crippen LogP contribution in [0.3, 0.4) is 0 Å². The summed E-state index contributed by atoms with van der Waals surface area (Å²) >= 11 is 0. The van der Waals surface area contributed by atoms with Gasteiger partial charge in [-0.25, -0.2) is 0 Å². The van der Waals surface area contributed by atoms with E-state index < -0.39 is 5.92 Å². The molecular weight excluding hydrogens is 120 g/mol. The average Bonchev–Trinajstić information content (AvgIpc) is 1.89. The Bertz CT molecular complexity index is 130. The Hall–Kier alpha value is -0.700. The lowest BCUT2D eigenvalue weighted by Crippen LogP contribution is -2.28. The Kier molecular flexibility index (Phi) is 1.95. The normalized spacial score (nSPS) is 28.0. The van der Waals surface area contributed by atoms with Crippen molar-refractivity contribution >= 4 is 12.1 Å². The lowest BCUT2D eigenvalue weighted by atomic mass is 10.0. The molecular formula is C6H8O3. The Morgan fingerprint density at radius 1 is 1.67 bits per heavy atom. The molecule has 0 aromatic rings. The Labute approximate surface area is 53.0 Å². The van der Waals surface area contributed by atoms with Crippen LogP contribution in [0.15, 0.2) is 0 Å². The van der Waals surface area contributed by atoms with Crippen molar-refractivity contribution in [3.8, 4) is 0 Å². The highest BCUT2D eigenvalue weighted by Crippen LogP contribution is 2.05. The van der Waals surface area contributed by atoms with Crippen LogP contribution in [0.4, 0.5) is 0 Å². The maximum atomic E-state index is 10.7. The molecule has 1 saturated heterocycles. The van der Waals surface area contributed by atoms with Crippen LogP contribution in [0.5, 0.6) is 0 Å². The summed E-state index contributed by atoms with van der Waals surface area (Å²) < 4.78 is 4.89. The lowest BCUT2D eigenvalue weighted by Gasteiger charge is -2.14. The van der Waals surface area contributed by atoms with Gasteiger partial charge in [0, 0.05) is 6.42 Å². The number of hydrogen-bond donors (Lipinski definition) is 0. The van der Waals surface area contributed by atoms with E-state index in [0.29, 0.717) is 19.3 Å². The molecule has 50 valence electrons. The van der Waals surface area contributed by atoms with Crippen LogP contribution in [0.25, 0.3) is 0 Å². The van der Waals surface area contributed by atoms with Crippen molar-refractivity contribution < 1.29 is 14.3 Å². The number of hydrogen-bond acceptors (Lipinski definition) is 3. The molecule has 1 rings (SSSR count). The molecule has 0 aromatic carbocycles. The first-order valence-electron chi connectivity index (χ1n) is 2.90. The van der Waals surface area contributed by atoms with Gasteiger partial charge in [0.15, 0.2) is 0 Å². The predicted octanol–water partition coefficient (Wildman–Crippen LogP) is -0.209. The highest BCUT2D eigenvalue weighted by Gasteiger charge is 2.21. The topological polar surface area (TPSA) is 43.4 Å². The Morgan fingerprint density at radius 2 is 2.44 bits per heavy atom. The van der Waals surface area contributed by atoms with Gasteiger partial charge in [-0.3, -0.25) is 4.79 Å². The number of ether oxygens (including phenoxy) is 1. The van der Waals surface area contributed by atoms with Crippen molar-refractivity contribution in [1.29, 1.82) is 0 Å². The van der Waals surface area contributed by atoms with Crippen LogP contribution in [-0.4, -0.2) is 25.3 Å². The minimum absolute atomic E-state index is 0.0104. The second-order valence-corrected chi connectivity index (χ2v) is 2.03. The van der Waals surface area contributed by atoms with E-state index in [-0.39, 0.29) is 12.4 Å². The van der Waals surface area contributed by atoms with E-state index in [9.17, 15) is 9.59 Å². The highest BCUT2D eigenvalue weighted by molar-refractivity contribution is 5.93. The summed E-state index contributed by atoms with van der Waals surface area (Å²) in [6, 6.07) is 0. The average molecular weight is 128 g/mol. The smallest absolute Gasteiger partial charge is 0.147 e. The summed E-state index contributed by atoms with van der Waals surface area (Å²) in [5.41, 5.74) is 0. The van der Waals surface area contributed by atoms with Crippen molar-refractivity contribution in [2.75, 3.05) is 13.2 Å². The minimum Gasteiger partial charge on any atom is -0.380 e. The molecule has 1 aliphatic heterocycles. The van der Waals surface area contributed by atoms with Gasteiger partial charge in [-0.15, -0.1) is 0 Å². The van der Waals surface area contributed by atoms with E-state index >= 15 is 0 Å². The van der Waals surface area contributed by atoms with Gasteiger partial charge in [0.2, 0.25) is 0 Å². The van der Waals surface area contributed by atoms with Crippen LogP contribution < -0.4 is 0 Å². The SMILES string of the molecule is O=CC1COCCC1=O. The number of Topliss-reactive ketones (excluding diaryl/α,β-unsaturated/α-hetero) is 1. The molecule has 9 heavy (non-hydrogen) atoms. The third kappa shape index (κ3) is 1.36. The molecule has 0 amide bonds. The van der Waals surface area contributed by atoms with E-state index in [0.717, 1.165) is 0 Å². The van der Waals surface area contributed by atoms with Gasteiger partial charge in [-0.1, -0.05) is 0 Å². The summed E-state index contributed by atoms with van der Waals surface area (Å²) in [5.74, 6) is -0.477. The second kappa shape index (κ2) is 2.73. The number of carbonyl (C=O) groups excluding carboxylic acids is 2. The van der Waals surface area contributed by atoms with Crippen LogP contribution in [0.2, 0.25) is 0 Å². The summed E-state index contributed by atoms with van der Waals surface area (Å²) in [4.78, 5) is 20.8. The summed E-state index contributed by atoms with van der Waals surface area (Å²) in [6.45, 7) is 0.755. The molecule has 1 atom stereocenters. The first-order valence-corrected chi connectivity index (χ1v) is 2.90. The number of rotatable bonds is 1. The van der Waals surface area contributed by atoms with Gasteiger partial charge in [0.25, 0.3) is 0 Å². The zero-order valence-electron chi connectivity index (χ0n) is 5.00. The third-order valence-electron chi connectivity index (χ3n) is 1.37. The van der Waals surface area contributed by atoms with Crippen molar-refractivity contribution in [3.05, 3.63) is 0 Å². The molecule has 0 radical (unpaired) electrons. The molecule has 1 aliphatic rings. The van der Waals surface area contributed by atoms with Crippen LogP contribution in [0.1, 0.15) is 6.42 Å². The van der Waals surface area contributed by atoms with Crippen LogP contribution >= 0.6 is 0 Å². The van der Waals surface area contributed by atoms with E-state index in [4.69, 9.17) is 4.74 Å². The monoisotopic (exact) mass is 128 g/mol. The van der Waals surface area contributed by atoms with Crippen LogP contribution in [0, 0.1) is 5.92 Å². The molecule has 3 heteroatoms. The van der Waals surface area contributed by atoms with Crippen LogP contribution in [-0.2, 0) is 14.3 Å². The molecule has 1 fully saturated rings. The van der Waals surface area contributed by atoms with Crippen molar-refractivity contribution in [1.82, 2.24) is 0 Å². The second-order valence-electron chi connectivity index (χ2n) is 2.03. The first-order chi connectivity index (χ1) is 4.34. The molecule has 0 aromatic heterocycles. The molecule has 1 heterocycles. The zero-order chi connectivity index (χ0) is 6.69.